The summed E-state index contributed by atoms with van der Waals surface area (Å²) in [6, 6.07) is -0.940. The van der Waals surface area contributed by atoms with Crippen LogP contribution in [0.4, 0.5) is 0 Å². The molecule has 0 aromatic heterocycles. The van der Waals surface area contributed by atoms with E-state index >= 15 is 0 Å². The molecule has 0 fully saturated rings. The van der Waals surface area contributed by atoms with Crippen LogP contribution in [0.25, 0.3) is 0 Å². The smallest absolute Gasteiger partial charge is 0.268 e. The highest BCUT2D eigenvalue weighted by molar-refractivity contribution is 7.45. The minimum absolute atomic E-state index is 0.0291. The lowest BCUT2D eigenvalue weighted by atomic mass is 10.0. The topological polar surface area (TPSA) is 148 Å². The van der Waals surface area contributed by atoms with Gasteiger partial charge in [-0.15, -0.1) is 0 Å². The summed E-state index contributed by atoms with van der Waals surface area (Å²) in [7, 11) is 1.16. The lowest BCUT2D eigenvalue weighted by Gasteiger charge is -2.29. The van der Waals surface area contributed by atoms with E-state index in [1.165, 1.54) is 64.2 Å². The van der Waals surface area contributed by atoms with Gasteiger partial charge in [-0.3, -0.25) is 9.36 Å². The van der Waals surface area contributed by atoms with Crippen molar-refractivity contribution in [3.63, 3.8) is 0 Å². The van der Waals surface area contributed by atoms with Gasteiger partial charge >= 0.3 is 0 Å². The summed E-state index contributed by atoms with van der Waals surface area (Å²) in [6.45, 7) is 4.42. The van der Waals surface area contributed by atoms with Crippen LogP contribution in [0.3, 0.4) is 0 Å². The molecule has 0 aromatic carbocycles. The van der Waals surface area contributed by atoms with Crippen LogP contribution in [0.1, 0.15) is 162 Å². The highest BCUT2D eigenvalue weighted by Gasteiger charge is 2.23. The number of carbonyl (C=O) groups excluding carboxylic acids is 1. The third kappa shape index (κ3) is 33.2. The van der Waals surface area contributed by atoms with E-state index in [-0.39, 0.29) is 18.9 Å². The monoisotopic (exact) mass is 747 g/mol. The molecule has 10 nitrogen and oxygen atoms in total. The van der Waals surface area contributed by atoms with E-state index in [1.807, 2.05) is 33.3 Å². The second-order valence-electron chi connectivity index (χ2n) is 15.3. The molecular formula is C40H79N2O8P. The SMILES string of the molecule is CCCCC/C=C\C[C@H](O)[C@@H](O)CCCCCCCC(=O)N[C@@H](COP(=O)([O-])OCC[N+](C)(C)C)[C@H](O)/C=C/CCCCCCCCCCCC. The number of unbranched alkanes of at least 4 members (excludes halogenated alkanes) is 17. The van der Waals surface area contributed by atoms with Gasteiger partial charge < -0.3 is 39.1 Å². The van der Waals surface area contributed by atoms with Crippen LogP contribution in [-0.2, 0) is 18.4 Å². The molecule has 1 amide bonds. The second-order valence-corrected chi connectivity index (χ2v) is 16.7. The molecule has 0 aliphatic heterocycles. The van der Waals surface area contributed by atoms with Gasteiger partial charge in [-0.1, -0.05) is 134 Å². The molecule has 0 spiro atoms. The molecule has 0 saturated heterocycles. The van der Waals surface area contributed by atoms with Crippen LogP contribution in [-0.4, -0.2) is 91.0 Å². The minimum atomic E-state index is -4.62. The number of aliphatic hydroxyl groups is 3. The van der Waals surface area contributed by atoms with E-state index in [2.05, 4.69) is 25.2 Å². The van der Waals surface area contributed by atoms with Gasteiger partial charge in [-0.25, -0.2) is 0 Å². The van der Waals surface area contributed by atoms with E-state index in [9.17, 15) is 29.6 Å². The van der Waals surface area contributed by atoms with Crippen LogP contribution >= 0.6 is 7.82 Å². The highest BCUT2D eigenvalue weighted by atomic mass is 31.2. The molecule has 0 radical (unpaired) electrons. The average Bonchev–Trinajstić information content (AvgIpc) is 3.07. The van der Waals surface area contributed by atoms with Gasteiger partial charge in [0, 0.05) is 6.42 Å². The molecule has 5 atom stereocenters. The van der Waals surface area contributed by atoms with E-state index in [1.54, 1.807) is 6.08 Å². The molecule has 1 unspecified atom stereocenters. The van der Waals surface area contributed by atoms with E-state index < -0.39 is 38.8 Å². The first kappa shape index (κ1) is 49.9. The lowest BCUT2D eigenvalue weighted by molar-refractivity contribution is -0.870. The first-order chi connectivity index (χ1) is 24.3. The van der Waals surface area contributed by atoms with Crippen molar-refractivity contribution < 1.29 is 43.1 Å². The van der Waals surface area contributed by atoms with E-state index in [4.69, 9.17) is 9.05 Å². The predicted molar refractivity (Wildman–Crippen MR) is 208 cm³/mol. The molecule has 0 rings (SSSR count). The van der Waals surface area contributed by atoms with Gasteiger partial charge in [0.05, 0.1) is 52.1 Å². The number of nitrogens with one attached hydrogen (secondary N) is 1. The summed E-state index contributed by atoms with van der Waals surface area (Å²) in [6.07, 6.45) is 28.1. The number of quaternary nitrogens is 1. The van der Waals surface area contributed by atoms with Crippen molar-refractivity contribution in [2.45, 2.75) is 186 Å². The molecule has 0 heterocycles. The molecular weight excluding hydrogens is 667 g/mol. The van der Waals surface area contributed by atoms with Crippen molar-refractivity contribution in [2.24, 2.45) is 0 Å². The third-order valence-electron chi connectivity index (χ3n) is 9.11. The number of likely N-dealkylation sites (N-methyl/N-ethyl adjacent to an activating group) is 1. The minimum Gasteiger partial charge on any atom is -0.756 e. The van der Waals surface area contributed by atoms with E-state index in [0.717, 1.165) is 57.8 Å². The number of amides is 1. The quantitative estimate of drug-likeness (QED) is 0.0219. The summed E-state index contributed by atoms with van der Waals surface area (Å²) in [5.41, 5.74) is 0. The molecule has 0 saturated carbocycles. The number of phosphoric acid groups is 1. The Morgan fingerprint density at radius 2 is 1.25 bits per heavy atom. The first-order valence-corrected chi connectivity index (χ1v) is 21.8. The number of phosphoric ester groups is 1. The summed E-state index contributed by atoms with van der Waals surface area (Å²) in [5, 5.41) is 34.1. The Balaban J connectivity index is 4.62. The summed E-state index contributed by atoms with van der Waals surface area (Å²) < 4.78 is 23.0. The lowest BCUT2D eigenvalue weighted by Crippen LogP contribution is -2.45. The fraction of sp³-hybridized carbons (Fsp3) is 0.875. The number of allylic oxidation sites excluding steroid dienone is 2. The molecule has 302 valence electrons. The molecule has 0 bridgehead atoms. The first-order valence-electron chi connectivity index (χ1n) is 20.4. The number of nitrogens with zero attached hydrogens (tertiary/aromatic N) is 1. The Bertz CT molecular complexity index is 927. The number of hydrogen-bond donors (Lipinski definition) is 4. The second kappa shape index (κ2) is 32.3. The van der Waals surface area contributed by atoms with Gasteiger partial charge in [0.25, 0.3) is 7.82 Å². The van der Waals surface area contributed by atoms with E-state index in [0.29, 0.717) is 30.3 Å². The molecule has 0 aliphatic carbocycles. The summed E-state index contributed by atoms with van der Waals surface area (Å²) in [4.78, 5) is 25.2. The normalized spacial score (nSPS) is 16.0. The average molecular weight is 747 g/mol. The van der Waals surface area contributed by atoms with Crippen molar-refractivity contribution in [2.75, 3.05) is 40.9 Å². The number of rotatable bonds is 36. The Hall–Kier alpha value is -1.10. The Labute approximate surface area is 312 Å². The Kier molecular flexibility index (Phi) is 31.6. The van der Waals surface area contributed by atoms with Crippen molar-refractivity contribution in [1.29, 1.82) is 0 Å². The molecule has 51 heavy (non-hydrogen) atoms. The van der Waals surface area contributed by atoms with Gasteiger partial charge in [0.15, 0.2) is 0 Å². The van der Waals surface area contributed by atoms with Gasteiger partial charge in [-0.2, -0.15) is 0 Å². The molecule has 0 aliphatic rings. The largest absolute Gasteiger partial charge is 0.756 e. The van der Waals surface area contributed by atoms with Crippen molar-refractivity contribution in [3.05, 3.63) is 24.3 Å². The zero-order valence-electron chi connectivity index (χ0n) is 33.3. The summed E-state index contributed by atoms with van der Waals surface area (Å²) >= 11 is 0. The van der Waals surface area contributed by atoms with Crippen LogP contribution in [0.2, 0.25) is 0 Å². The summed E-state index contributed by atoms with van der Waals surface area (Å²) in [5.74, 6) is -0.279. The van der Waals surface area contributed by atoms with Crippen LogP contribution in [0, 0.1) is 0 Å². The predicted octanol–water partition coefficient (Wildman–Crippen LogP) is 7.89. The van der Waals surface area contributed by atoms with Gasteiger partial charge in [0.2, 0.25) is 5.91 Å². The van der Waals surface area contributed by atoms with Crippen LogP contribution in [0.15, 0.2) is 24.3 Å². The standard InChI is InChI=1S/C40H79N2O8P/c1-6-8-10-12-14-15-16-17-18-19-22-25-29-37(43)36(35-50-51(47,48)49-34-33-42(3,4)5)41-40(46)32-28-24-20-23-27-31-39(45)38(44)30-26-21-13-11-9-7-2/h21,25-26,29,36-39,43-45H,6-20,22-24,27-28,30-35H2,1-5H3,(H-,41,46,47,48)/b26-21-,29-25+/t36-,37+,38-,39-/m0/s1. The van der Waals surface area contributed by atoms with Gasteiger partial charge in [-0.05, 0) is 44.9 Å². The fourth-order valence-corrected chi connectivity index (χ4v) is 6.37. The maximum Gasteiger partial charge on any atom is 0.268 e. The number of carbonyl (C=O) groups is 1. The zero-order chi connectivity index (χ0) is 38.2. The number of hydrogen-bond acceptors (Lipinski definition) is 8. The number of aliphatic hydroxyl groups excluding tert-OH is 3. The van der Waals surface area contributed by atoms with Crippen molar-refractivity contribution >= 4 is 13.7 Å². The van der Waals surface area contributed by atoms with Crippen LogP contribution in [0.5, 0.6) is 0 Å². The van der Waals surface area contributed by atoms with Crippen LogP contribution < -0.4 is 10.2 Å². The molecule has 11 heteroatoms. The van der Waals surface area contributed by atoms with Gasteiger partial charge in [0.1, 0.15) is 13.2 Å². The Morgan fingerprint density at radius 1 is 0.725 bits per heavy atom. The highest BCUT2D eigenvalue weighted by Crippen LogP contribution is 2.38. The zero-order valence-corrected chi connectivity index (χ0v) is 34.2. The Morgan fingerprint density at radius 3 is 1.88 bits per heavy atom. The molecule has 0 aromatic rings. The van der Waals surface area contributed by atoms with Crippen molar-refractivity contribution in [3.8, 4) is 0 Å². The van der Waals surface area contributed by atoms with Crippen molar-refractivity contribution in [1.82, 2.24) is 5.32 Å². The maximum absolute atomic E-state index is 12.8. The molecule has 4 N–H and O–H groups in total. The third-order valence-corrected chi connectivity index (χ3v) is 10.1. The fourth-order valence-electron chi connectivity index (χ4n) is 5.64. The maximum atomic E-state index is 12.8.